The van der Waals surface area contributed by atoms with Crippen LogP contribution in [0, 0.1) is 0 Å². The molecule has 45 heavy (non-hydrogen) atoms. The second-order valence-corrected chi connectivity index (χ2v) is 11.7. The molecule has 0 bridgehead atoms. The number of hydrogen-bond acceptors (Lipinski definition) is 9. The van der Waals surface area contributed by atoms with Crippen molar-refractivity contribution in [3.8, 4) is 6.01 Å². The molecule has 0 unspecified atom stereocenters. The lowest BCUT2D eigenvalue weighted by Gasteiger charge is -2.35. The van der Waals surface area contributed by atoms with Gasteiger partial charge in [0.05, 0.1) is 10.7 Å². The minimum absolute atomic E-state index is 0.00327. The van der Waals surface area contributed by atoms with Crippen LogP contribution in [-0.2, 0) is 11.3 Å². The first-order valence-electron chi connectivity index (χ1n) is 15.1. The highest BCUT2D eigenvalue weighted by atomic mass is 35.5. The van der Waals surface area contributed by atoms with Crippen LogP contribution < -0.4 is 20.7 Å². The zero-order valence-corrected chi connectivity index (χ0v) is 25.9. The molecule has 12 heteroatoms. The van der Waals surface area contributed by atoms with Crippen LogP contribution in [0.1, 0.15) is 28.9 Å². The Morgan fingerprint density at radius 1 is 0.978 bits per heavy atom. The van der Waals surface area contributed by atoms with Crippen molar-refractivity contribution in [3.05, 3.63) is 83.0 Å². The van der Waals surface area contributed by atoms with Gasteiger partial charge in [-0.25, -0.2) is 4.79 Å². The molecule has 6 rings (SSSR count). The Bertz CT molecular complexity index is 1680. The van der Waals surface area contributed by atoms with Gasteiger partial charge < -0.3 is 35.2 Å². The highest BCUT2D eigenvalue weighted by molar-refractivity contribution is 6.37. The molecule has 3 heterocycles. The minimum Gasteiger partial charge on any atom is -0.462 e. The summed E-state index contributed by atoms with van der Waals surface area (Å²) in [5, 5.41) is 5.08. The number of nitrogens with zero attached hydrogens (tertiary/aromatic N) is 5. The van der Waals surface area contributed by atoms with E-state index in [0.29, 0.717) is 49.3 Å². The topological polar surface area (TPSA) is 126 Å². The van der Waals surface area contributed by atoms with Gasteiger partial charge in [0, 0.05) is 37.6 Å². The van der Waals surface area contributed by atoms with E-state index in [-0.39, 0.29) is 36.1 Å². The van der Waals surface area contributed by atoms with Crippen molar-refractivity contribution < 1.29 is 19.1 Å². The fourth-order valence-electron chi connectivity index (χ4n) is 5.77. The Balaban J connectivity index is 1.21. The molecule has 0 spiro atoms. The number of nitrogens with two attached hydrogens (primary N) is 1. The Hall–Kier alpha value is -4.61. The fraction of sp³-hybridized carbons (Fsp3) is 0.333. The summed E-state index contributed by atoms with van der Waals surface area (Å²) in [6.07, 6.45) is 1.72. The normalized spacial score (nSPS) is 17.0. The molecule has 2 aliphatic rings. The number of hydrogen-bond donors (Lipinski definition) is 2. The smallest absolute Gasteiger partial charge is 0.410 e. The summed E-state index contributed by atoms with van der Waals surface area (Å²) in [6, 6.07) is 21.0. The van der Waals surface area contributed by atoms with E-state index in [9.17, 15) is 9.59 Å². The summed E-state index contributed by atoms with van der Waals surface area (Å²) >= 11 is 6.51. The van der Waals surface area contributed by atoms with Gasteiger partial charge >= 0.3 is 12.1 Å². The van der Waals surface area contributed by atoms with Crippen molar-refractivity contribution in [2.75, 3.05) is 62.3 Å². The predicted octanol–water partition coefficient (Wildman–Crippen LogP) is 5.05. The zero-order valence-electron chi connectivity index (χ0n) is 25.1. The van der Waals surface area contributed by atoms with E-state index in [2.05, 4.69) is 27.2 Å². The lowest BCUT2D eigenvalue weighted by atomic mass is 10.1. The van der Waals surface area contributed by atoms with Crippen LogP contribution in [0.4, 0.5) is 22.0 Å². The van der Waals surface area contributed by atoms with Crippen LogP contribution in [0.15, 0.2) is 66.7 Å². The number of amides is 2. The molecule has 1 aromatic heterocycles. The Morgan fingerprint density at radius 2 is 1.73 bits per heavy atom. The number of fused-ring (bicyclic) bond motifs is 1. The number of anilines is 3. The highest BCUT2D eigenvalue weighted by Crippen LogP contribution is 2.32. The van der Waals surface area contributed by atoms with Gasteiger partial charge in [0.2, 0.25) is 0 Å². The molecule has 3 N–H and O–H groups in total. The van der Waals surface area contributed by atoms with Crippen molar-refractivity contribution in [3.63, 3.8) is 0 Å². The van der Waals surface area contributed by atoms with E-state index >= 15 is 0 Å². The predicted molar refractivity (Wildman–Crippen MR) is 175 cm³/mol. The number of nitrogen functional groups attached to an aromatic ring is 1. The van der Waals surface area contributed by atoms with Crippen LogP contribution in [0.2, 0.25) is 5.02 Å². The lowest BCUT2D eigenvalue weighted by Crippen LogP contribution is -2.49. The highest BCUT2D eigenvalue weighted by Gasteiger charge is 2.29. The number of carbonyl (C=O) groups excluding carboxylic acids is 2. The lowest BCUT2D eigenvalue weighted by molar-refractivity contribution is 0.0941. The van der Waals surface area contributed by atoms with Crippen LogP contribution in [0.5, 0.6) is 6.01 Å². The maximum Gasteiger partial charge on any atom is 0.410 e. The fourth-order valence-corrected chi connectivity index (χ4v) is 6.05. The number of aromatic nitrogens is 2. The molecule has 3 aromatic carbocycles. The first kappa shape index (κ1) is 30.4. The second kappa shape index (κ2) is 13.6. The molecule has 11 nitrogen and oxygen atoms in total. The van der Waals surface area contributed by atoms with Crippen molar-refractivity contribution in [2.45, 2.75) is 25.5 Å². The third-order valence-electron chi connectivity index (χ3n) is 8.34. The second-order valence-electron chi connectivity index (χ2n) is 11.3. The number of piperazine rings is 1. The zero-order chi connectivity index (χ0) is 31.3. The van der Waals surface area contributed by atoms with E-state index in [1.165, 1.54) is 0 Å². The maximum absolute atomic E-state index is 13.7. The van der Waals surface area contributed by atoms with Crippen molar-refractivity contribution in [1.82, 2.24) is 19.8 Å². The molecule has 1 atom stereocenters. The molecule has 234 valence electrons. The minimum atomic E-state index is -0.505. The molecule has 2 fully saturated rings. The number of likely N-dealkylation sites (tertiary alicyclic amines) is 1. The molecular formula is C33H36ClN7O4. The van der Waals surface area contributed by atoms with Gasteiger partial charge in [0.25, 0.3) is 5.91 Å². The standard InChI is InChI=1S/C33H36ClN7O4/c1-39-15-7-12-24(39)21-44-32-37-29(31(42)36-26-14-6-11-23-10-5-13-25(34)27(23)26)28(35)30(38-32)40-16-18-41(19-17-40)33(43)45-20-22-8-3-2-4-9-22/h2-6,8-11,13-14,24H,7,12,15-21,35H2,1H3,(H,36,42)/t24-/m0/s1. The first-order chi connectivity index (χ1) is 21.9. The van der Waals surface area contributed by atoms with Gasteiger partial charge in [0.1, 0.15) is 18.9 Å². The summed E-state index contributed by atoms with van der Waals surface area (Å²) in [5.74, 6) is -0.118. The average molecular weight is 630 g/mol. The summed E-state index contributed by atoms with van der Waals surface area (Å²) in [4.78, 5) is 41.5. The van der Waals surface area contributed by atoms with Crippen LogP contribution >= 0.6 is 11.6 Å². The molecule has 0 saturated carbocycles. The summed E-state index contributed by atoms with van der Waals surface area (Å²) in [7, 11) is 2.06. The number of carbonyl (C=O) groups is 2. The molecule has 2 saturated heterocycles. The molecule has 4 aromatic rings. The molecule has 0 aliphatic carbocycles. The Morgan fingerprint density at radius 3 is 2.47 bits per heavy atom. The Kier molecular flexibility index (Phi) is 9.18. The number of likely N-dealkylation sites (N-methyl/N-ethyl adjacent to an activating group) is 1. The summed E-state index contributed by atoms with van der Waals surface area (Å²) in [5.41, 5.74) is 8.20. The largest absolute Gasteiger partial charge is 0.462 e. The molecule has 0 radical (unpaired) electrons. The van der Waals surface area contributed by atoms with Crippen LogP contribution in [-0.4, -0.2) is 84.2 Å². The maximum atomic E-state index is 13.7. The summed E-state index contributed by atoms with van der Waals surface area (Å²) < 4.78 is 11.6. The van der Waals surface area contributed by atoms with E-state index in [0.717, 1.165) is 35.7 Å². The van der Waals surface area contributed by atoms with Crippen LogP contribution in [0.25, 0.3) is 10.8 Å². The van der Waals surface area contributed by atoms with E-state index < -0.39 is 5.91 Å². The number of benzene rings is 3. The van der Waals surface area contributed by atoms with Gasteiger partial charge in [-0.05, 0) is 49.5 Å². The number of ether oxygens (including phenoxy) is 2. The third-order valence-corrected chi connectivity index (χ3v) is 8.66. The monoisotopic (exact) mass is 629 g/mol. The van der Waals surface area contributed by atoms with Crippen LogP contribution in [0.3, 0.4) is 0 Å². The average Bonchev–Trinajstić information content (AvgIpc) is 3.48. The van der Waals surface area contributed by atoms with Gasteiger partial charge in [-0.3, -0.25) is 4.79 Å². The molecule has 2 aliphatic heterocycles. The van der Waals surface area contributed by atoms with Crippen molar-refractivity contribution in [2.24, 2.45) is 0 Å². The first-order valence-corrected chi connectivity index (χ1v) is 15.4. The number of rotatable bonds is 8. The number of halogens is 1. The Labute approximate surface area is 266 Å². The van der Waals surface area contributed by atoms with E-state index in [1.807, 2.05) is 59.5 Å². The molecule has 2 amide bonds. The quantitative estimate of drug-likeness (QED) is 0.275. The van der Waals surface area contributed by atoms with Gasteiger partial charge in [-0.15, -0.1) is 0 Å². The van der Waals surface area contributed by atoms with Gasteiger partial charge in [0.15, 0.2) is 11.5 Å². The third kappa shape index (κ3) is 6.89. The van der Waals surface area contributed by atoms with Gasteiger partial charge in [-0.2, -0.15) is 9.97 Å². The number of nitrogens with one attached hydrogen (secondary N) is 1. The SMILES string of the molecule is CN1CCC[C@H]1COc1nc(C(=O)Nc2cccc3cccc(Cl)c23)c(N)c(N2CCN(C(=O)OCc3ccccc3)CC2)n1. The van der Waals surface area contributed by atoms with E-state index in [4.69, 9.17) is 26.8 Å². The van der Waals surface area contributed by atoms with Gasteiger partial charge in [-0.1, -0.05) is 66.2 Å². The molecular weight excluding hydrogens is 594 g/mol. The summed E-state index contributed by atoms with van der Waals surface area (Å²) in [6.45, 7) is 3.27. The van der Waals surface area contributed by atoms with Crippen molar-refractivity contribution >= 4 is 51.6 Å². The van der Waals surface area contributed by atoms with E-state index in [1.54, 1.807) is 17.0 Å². The van der Waals surface area contributed by atoms with Crippen molar-refractivity contribution in [1.29, 1.82) is 0 Å².